The fraction of sp³-hybridized carbons (Fsp3) is 0.810. The van der Waals surface area contributed by atoms with Crippen molar-refractivity contribution in [3.63, 3.8) is 0 Å². The van der Waals surface area contributed by atoms with Crippen molar-refractivity contribution in [1.82, 2.24) is 0 Å². The van der Waals surface area contributed by atoms with Crippen molar-refractivity contribution >= 4 is 27.6 Å². The summed E-state index contributed by atoms with van der Waals surface area (Å²) in [5, 5.41) is 9.74. The summed E-state index contributed by atoms with van der Waals surface area (Å²) in [6.45, 7) is 1.71. The van der Waals surface area contributed by atoms with Crippen LogP contribution in [0.1, 0.15) is 181 Å². The van der Waals surface area contributed by atoms with Crippen LogP contribution in [0.3, 0.4) is 0 Å². The Labute approximate surface area is 344 Å². The average molecular weight is 853 g/mol. The number of aliphatic hydroxyl groups excluding tert-OH is 1. The number of phosphoric acid groups is 2. The molecule has 0 aromatic rings. The quantitative estimate of drug-likeness (QED) is 0.0196. The molecule has 0 radical (unpaired) electrons. The number of hydrogen-bond acceptors (Lipinski definition) is 10. The molecule has 0 fully saturated rings. The van der Waals surface area contributed by atoms with Gasteiger partial charge in [0.1, 0.15) is 12.7 Å². The van der Waals surface area contributed by atoms with Crippen LogP contribution < -0.4 is 0 Å². The summed E-state index contributed by atoms with van der Waals surface area (Å²) >= 11 is 0. The minimum atomic E-state index is -4.86. The molecular weight excluding hydrogens is 774 g/mol. The molecule has 0 amide bonds. The maximum absolute atomic E-state index is 12.6. The van der Waals surface area contributed by atoms with Gasteiger partial charge in [0.25, 0.3) is 0 Å². The van der Waals surface area contributed by atoms with Crippen molar-refractivity contribution in [2.75, 3.05) is 26.4 Å². The van der Waals surface area contributed by atoms with Crippen molar-refractivity contribution in [2.24, 2.45) is 0 Å². The molecule has 0 bridgehead atoms. The molecule has 15 heteroatoms. The molecule has 0 heterocycles. The van der Waals surface area contributed by atoms with Crippen molar-refractivity contribution in [1.29, 1.82) is 0 Å². The maximum Gasteiger partial charge on any atom is 0.472 e. The van der Waals surface area contributed by atoms with Gasteiger partial charge in [0.15, 0.2) is 6.10 Å². The molecule has 0 aliphatic carbocycles. The first kappa shape index (κ1) is 55.3. The predicted molar refractivity (Wildman–Crippen MR) is 225 cm³/mol. The number of carbonyl (C=O) groups is 2. The number of unbranched alkanes of at least 4 members (excludes halogenated alkanes) is 19. The van der Waals surface area contributed by atoms with E-state index in [-0.39, 0.29) is 19.4 Å². The molecule has 57 heavy (non-hydrogen) atoms. The Balaban J connectivity index is 4.56. The van der Waals surface area contributed by atoms with E-state index in [1.807, 2.05) is 0 Å². The van der Waals surface area contributed by atoms with Crippen LogP contribution in [0.5, 0.6) is 0 Å². The Morgan fingerprint density at radius 1 is 0.509 bits per heavy atom. The fourth-order valence-electron chi connectivity index (χ4n) is 5.71. The number of aliphatic hydroxyl groups is 1. The van der Waals surface area contributed by atoms with Gasteiger partial charge in [-0.3, -0.25) is 23.2 Å². The highest BCUT2D eigenvalue weighted by molar-refractivity contribution is 7.47. The Hall–Kier alpha value is -1.66. The lowest BCUT2D eigenvalue weighted by Crippen LogP contribution is -2.30. The van der Waals surface area contributed by atoms with Gasteiger partial charge in [-0.25, -0.2) is 9.13 Å². The monoisotopic (exact) mass is 852 g/mol. The molecule has 0 aliphatic rings. The molecule has 4 N–H and O–H groups in total. The van der Waals surface area contributed by atoms with Gasteiger partial charge in [-0.1, -0.05) is 153 Å². The molecule has 13 nitrogen and oxygen atoms in total. The predicted octanol–water partition coefficient (Wildman–Crippen LogP) is 10.9. The zero-order chi connectivity index (χ0) is 42.3. The van der Waals surface area contributed by atoms with Crippen molar-refractivity contribution in [2.45, 2.75) is 193 Å². The van der Waals surface area contributed by atoms with Crippen LogP contribution in [-0.2, 0) is 41.8 Å². The van der Waals surface area contributed by atoms with Crippen LogP contribution in [0.25, 0.3) is 0 Å². The van der Waals surface area contributed by atoms with Crippen molar-refractivity contribution < 1.29 is 61.6 Å². The lowest BCUT2D eigenvalue weighted by Gasteiger charge is -2.20. The molecule has 0 rings (SSSR count). The number of allylic oxidation sites excluding steroid dienone is 6. The first-order valence-electron chi connectivity index (χ1n) is 21.7. The Kier molecular flexibility index (Phi) is 37.4. The Morgan fingerprint density at radius 3 is 1.44 bits per heavy atom. The smallest absolute Gasteiger partial charge is 0.462 e. The summed E-state index contributed by atoms with van der Waals surface area (Å²) in [7, 11) is -9.67. The zero-order valence-electron chi connectivity index (χ0n) is 35.2. The van der Waals surface area contributed by atoms with Gasteiger partial charge in [0.05, 0.1) is 19.8 Å². The molecule has 0 aromatic carbocycles. The lowest BCUT2D eigenvalue weighted by molar-refractivity contribution is -0.161. The van der Waals surface area contributed by atoms with E-state index in [0.717, 1.165) is 64.2 Å². The summed E-state index contributed by atoms with van der Waals surface area (Å²) in [4.78, 5) is 52.6. The van der Waals surface area contributed by atoms with E-state index in [1.54, 1.807) is 0 Å². The Morgan fingerprint density at radius 2 is 0.912 bits per heavy atom. The number of ether oxygens (including phenoxy) is 2. The van der Waals surface area contributed by atoms with Gasteiger partial charge in [-0.2, -0.15) is 0 Å². The second-order valence-corrected chi connectivity index (χ2v) is 17.3. The maximum atomic E-state index is 12.6. The van der Waals surface area contributed by atoms with Crippen LogP contribution in [-0.4, -0.2) is 70.4 Å². The van der Waals surface area contributed by atoms with Crippen molar-refractivity contribution in [3.8, 4) is 0 Å². The van der Waals surface area contributed by atoms with E-state index < -0.39 is 59.6 Å². The molecule has 0 aromatic heterocycles. The zero-order valence-corrected chi connectivity index (χ0v) is 37.0. The van der Waals surface area contributed by atoms with Crippen LogP contribution in [0.15, 0.2) is 36.5 Å². The van der Waals surface area contributed by atoms with Crippen LogP contribution in [0, 0.1) is 0 Å². The van der Waals surface area contributed by atoms with E-state index in [4.69, 9.17) is 23.8 Å². The molecular formula is C42H78O13P2. The third-order valence-corrected chi connectivity index (χ3v) is 10.5. The van der Waals surface area contributed by atoms with Gasteiger partial charge in [-0.05, 0) is 51.4 Å². The van der Waals surface area contributed by atoms with Crippen molar-refractivity contribution in [3.05, 3.63) is 36.5 Å². The number of carbonyl (C=O) groups excluding carboxylic acids is 2. The fourth-order valence-corrected chi connectivity index (χ4v) is 6.86. The van der Waals surface area contributed by atoms with Gasteiger partial charge in [0.2, 0.25) is 0 Å². The van der Waals surface area contributed by atoms with Crippen LogP contribution >= 0.6 is 15.6 Å². The number of esters is 2. The molecule has 334 valence electrons. The van der Waals surface area contributed by atoms with E-state index >= 15 is 0 Å². The molecule has 3 atom stereocenters. The van der Waals surface area contributed by atoms with E-state index in [0.29, 0.717) is 12.8 Å². The first-order valence-corrected chi connectivity index (χ1v) is 24.7. The topological polar surface area (TPSA) is 195 Å². The number of phosphoric ester groups is 2. The van der Waals surface area contributed by atoms with E-state index in [9.17, 15) is 28.7 Å². The molecule has 0 aliphatic heterocycles. The summed E-state index contributed by atoms with van der Waals surface area (Å²) in [6.07, 6.45) is 37.0. The molecule has 0 saturated carbocycles. The minimum Gasteiger partial charge on any atom is -0.462 e. The average Bonchev–Trinajstić information content (AvgIpc) is 3.17. The van der Waals surface area contributed by atoms with Crippen LogP contribution in [0.2, 0.25) is 0 Å². The number of hydrogen-bond donors (Lipinski definition) is 4. The summed E-state index contributed by atoms with van der Waals surface area (Å²) < 4.78 is 47.7. The highest BCUT2D eigenvalue weighted by atomic mass is 31.2. The second kappa shape index (κ2) is 38.5. The van der Waals surface area contributed by atoms with E-state index in [2.05, 4.69) is 59.4 Å². The largest absolute Gasteiger partial charge is 0.472 e. The summed E-state index contributed by atoms with van der Waals surface area (Å²) in [5.74, 6) is -1.05. The minimum absolute atomic E-state index is 0.107. The van der Waals surface area contributed by atoms with Gasteiger partial charge >= 0.3 is 27.6 Å². The third kappa shape index (κ3) is 42.3. The number of rotatable bonds is 41. The lowest BCUT2D eigenvalue weighted by atomic mass is 10.0. The first-order chi connectivity index (χ1) is 27.4. The molecule has 3 unspecified atom stereocenters. The SMILES string of the molecule is CCCCCC=CCC=CCC=CCCCCCCC(=O)OC(COC(=O)CCCCCCCCCCCCCCC)COP(=O)(O)OCC(O)COP(=O)(O)O. The second-order valence-electron chi connectivity index (χ2n) is 14.6. The highest BCUT2D eigenvalue weighted by Gasteiger charge is 2.28. The third-order valence-electron chi connectivity index (χ3n) is 9.02. The van der Waals surface area contributed by atoms with Gasteiger partial charge < -0.3 is 29.3 Å². The Bertz CT molecular complexity index is 1150. The highest BCUT2D eigenvalue weighted by Crippen LogP contribution is 2.43. The normalized spacial score (nSPS) is 14.4. The van der Waals surface area contributed by atoms with E-state index in [1.165, 1.54) is 77.0 Å². The summed E-state index contributed by atoms with van der Waals surface area (Å²) in [6, 6.07) is 0. The standard InChI is InChI=1S/C42H78O13P2/c1-3-5-7-9-11-13-15-17-18-19-20-22-24-26-28-30-32-34-42(45)55-40(38-54-57(49,50)53-36-39(43)35-52-56(46,47)48)37-51-41(44)33-31-29-27-25-23-21-16-14-12-10-8-6-4-2/h11,13,17-18,20,22,39-40,43H,3-10,12,14-16,19,21,23-38H2,1-2H3,(H,49,50)(H2,46,47,48). The van der Waals surface area contributed by atoms with Gasteiger partial charge in [0, 0.05) is 12.8 Å². The summed E-state index contributed by atoms with van der Waals surface area (Å²) in [5.41, 5.74) is 0. The molecule has 0 saturated heterocycles. The van der Waals surface area contributed by atoms with Gasteiger partial charge in [-0.15, -0.1) is 0 Å². The molecule has 0 spiro atoms. The van der Waals surface area contributed by atoms with Crippen LogP contribution in [0.4, 0.5) is 0 Å².